The van der Waals surface area contributed by atoms with E-state index in [0.29, 0.717) is 22.0 Å². The number of rotatable bonds is 5. The molecule has 0 aliphatic heterocycles. The molecule has 94 valence electrons. The van der Waals surface area contributed by atoms with Gasteiger partial charge in [-0.05, 0) is 40.9 Å². The lowest BCUT2D eigenvalue weighted by Gasteiger charge is -2.09. The molecule has 0 fully saturated rings. The van der Waals surface area contributed by atoms with Crippen molar-refractivity contribution in [3.05, 3.63) is 33.3 Å². The van der Waals surface area contributed by atoms with Crippen LogP contribution < -0.4 is 5.32 Å². The summed E-state index contributed by atoms with van der Waals surface area (Å²) in [6, 6.07) is 5.32. The second kappa shape index (κ2) is 7.39. The highest BCUT2D eigenvalue weighted by Crippen LogP contribution is 2.25. The zero-order valence-electron chi connectivity index (χ0n) is 9.47. The highest BCUT2D eigenvalue weighted by atomic mass is 79.9. The van der Waals surface area contributed by atoms with Crippen LogP contribution in [0.1, 0.15) is 30.1 Å². The molecule has 2 nitrogen and oxygen atoms in total. The summed E-state index contributed by atoms with van der Waals surface area (Å²) in [7, 11) is 0. The molecule has 1 N–H and O–H groups in total. The lowest BCUT2D eigenvalue weighted by molar-refractivity contribution is 0.0953. The minimum atomic E-state index is -0.132. The van der Waals surface area contributed by atoms with Crippen molar-refractivity contribution in [1.82, 2.24) is 5.32 Å². The lowest BCUT2D eigenvalue weighted by atomic mass is 10.2. The first-order valence-electron chi connectivity index (χ1n) is 5.42. The zero-order valence-corrected chi connectivity index (χ0v) is 13.4. The number of halogens is 3. The zero-order chi connectivity index (χ0) is 12.8. The molecule has 0 aliphatic carbocycles. The Morgan fingerprint density at radius 1 is 1.53 bits per heavy atom. The second-order valence-electron chi connectivity index (χ2n) is 3.65. The van der Waals surface area contributed by atoms with Gasteiger partial charge in [0.25, 0.3) is 5.91 Å². The van der Waals surface area contributed by atoms with Gasteiger partial charge in [0.2, 0.25) is 0 Å². The molecule has 0 saturated carbocycles. The van der Waals surface area contributed by atoms with Crippen molar-refractivity contribution in [2.45, 2.75) is 24.6 Å². The lowest BCUT2D eigenvalue weighted by Crippen LogP contribution is -2.26. The van der Waals surface area contributed by atoms with Crippen LogP contribution in [0.3, 0.4) is 0 Å². The SMILES string of the molecule is CCC(Br)CCNC(=O)c1cccc(Br)c1Cl. The van der Waals surface area contributed by atoms with E-state index in [9.17, 15) is 4.79 Å². The van der Waals surface area contributed by atoms with E-state index in [1.165, 1.54) is 0 Å². The standard InChI is InChI=1S/C12H14Br2ClNO/c1-2-8(13)6-7-16-12(17)9-4-3-5-10(14)11(9)15/h3-5,8H,2,6-7H2,1H3,(H,16,17). The van der Waals surface area contributed by atoms with Gasteiger partial charge >= 0.3 is 0 Å². The van der Waals surface area contributed by atoms with Crippen LogP contribution in [0.2, 0.25) is 5.02 Å². The molecule has 0 saturated heterocycles. The van der Waals surface area contributed by atoms with E-state index in [2.05, 4.69) is 44.1 Å². The van der Waals surface area contributed by atoms with E-state index in [4.69, 9.17) is 11.6 Å². The number of carbonyl (C=O) groups is 1. The highest BCUT2D eigenvalue weighted by molar-refractivity contribution is 9.10. The summed E-state index contributed by atoms with van der Waals surface area (Å²) in [4.78, 5) is 12.3. The fraction of sp³-hybridized carbons (Fsp3) is 0.417. The van der Waals surface area contributed by atoms with Crippen LogP contribution >= 0.6 is 43.5 Å². The number of hydrogen-bond donors (Lipinski definition) is 1. The third-order valence-electron chi connectivity index (χ3n) is 2.38. The highest BCUT2D eigenvalue weighted by Gasteiger charge is 2.12. The van der Waals surface area contributed by atoms with Crippen molar-refractivity contribution in [3.8, 4) is 0 Å². The molecule has 1 aromatic carbocycles. The normalized spacial score (nSPS) is 12.2. The molecule has 0 heterocycles. The van der Waals surface area contributed by atoms with Gasteiger partial charge in [0.1, 0.15) is 0 Å². The summed E-state index contributed by atoms with van der Waals surface area (Å²) in [5.74, 6) is -0.132. The van der Waals surface area contributed by atoms with Gasteiger partial charge in [-0.3, -0.25) is 4.79 Å². The minimum absolute atomic E-state index is 0.132. The number of hydrogen-bond acceptors (Lipinski definition) is 1. The largest absolute Gasteiger partial charge is 0.352 e. The molecular formula is C12H14Br2ClNO. The molecular weight excluding hydrogens is 369 g/mol. The summed E-state index contributed by atoms with van der Waals surface area (Å²) < 4.78 is 0.735. The number of nitrogens with one attached hydrogen (secondary N) is 1. The average Bonchev–Trinajstić information content (AvgIpc) is 2.32. The topological polar surface area (TPSA) is 29.1 Å². The van der Waals surface area contributed by atoms with Gasteiger partial charge in [-0.25, -0.2) is 0 Å². The van der Waals surface area contributed by atoms with E-state index in [0.717, 1.165) is 17.3 Å². The molecule has 1 aromatic rings. The maximum atomic E-state index is 11.9. The molecule has 1 rings (SSSR count). The smallest absolute Gasteiger partial charge is 0.252 e. The Kier molecular flexibility index (Phi) is 6.52. The van der Waals surface area contributed by atoms with Crippen molar-refractivity contribution < 1.29 is 4.79 Å². The molecule has 1 unspecified atom stereocenters. The molecule has 0 bridgehead atoms. The van der Waals surface area contributed by atoms with E-state index in [1.807, 2.05) is 6.07 Å². The van der Waals surface area contributed by atoms with Crippen LogP contribution in [0, 0.1) is 0 Å². The van der Waals surface area contributed by atoms with Crippen LogP contribution in [0.25, 0.3) is 0 Å². The molecule has 0 aromatic heterocycles. The Hall–Kier alpha value is -0.0600. The second-order valence-corrected chi connectivity index (χ2v) is 6.18. The molecule has 0 aliphatic rings. The number of benzene rings is 1. The van der Waals surface area contributed by atoms with Crippen molar-refractivity contribution >= 4 is 49.4 Å². The van der Waals surface area contributed by atoms with Crippen LogP contribution in [-0.4, -0.2) is 17.3 Å². The number of alkyl halides is 1. The summed E-state index contributed by atoms with van der Waals surface area (Å²) in [5, 5.41) is 3.31. The maximum Gasteiger partial charge on any atom is 0.252 e. The van der Waals surface area contributed by atoms with Crippen molar-refractivity contribution in [3.63, 3.8) is 0 Å². The summed E-state index contributed by atoms with van der Waals surface area (Å²) >= 11 is 12.9. The van der Waals surface area contributed by atoms with Gasteiger partial charge in [-0.2, -0.15) is 0 Å². The summed E-state index contributed by atoms with van der Waals surface area (Å²) in [6.07, 6.45) is 1.96. The minimum Gasteiger partial charge on any atom is -0.352 e. The van der Waals surface area contributed by atoms with E-state index < -0.39 is 0 Å². The first-order chi connectivity index (χ1) is 8.06. The van der Waals surface area contributed by atoms with Gasteiger partial charge in [0, 0.05) is 15.8 Å². The first kappa shape index (κ1) is 15.0. The number of amides is 1. The van der Waals surface area contributed by atoms with E-state index >= 15 is 0 Å². The van der Waals surface area contributed by atoms with Crippen molar-refractivity contribution in [1.29, 1.82) is 0 Å². The molecule has 0 radical (unpaired) electrons. The van der Waals surface area contributed by atoms with Crippen LogP contribution in [0.15, 0.2) is 22.7 Å². The molecule has 1 amide bonds. The fourth-order valence-corrected chi connectivity index (χ4v) is 2.13. The van der Waals surface area contributed by atoms with Crippen LogP contribution in [-0.2, 0) is 0 Å². The van der Waals surface area contributed by atoms with Crippen LogP contribution in [0.4, 0.5) is 0 Å². The average molecular weight is 384 g/mol. The monoisotopic (exact) mass is 381 g/mol. The van der Waals surface area contributed by atoms with Crippen molar-refractivity contribution in [2.24, 2.45) is 0 Å². The van der Waals surface area contributed by atoms with Gasteiger partial charge in [-0.15, -0.1) is 0 Å². The Morgan fingerprint density at radius 3 is 2.88 bits per heavy atom. The van der Waals surface area contributed by atoms with E-state index in [-0.39, 0.29) is 5.91 Å². The van der Waals surface area contributed by atoms with Crippen molar-refractivity contribution in [2.75, 3.05) is 6.54 Å². The molecule has 0 spiro atoms. The van der Waals surface area contributed by atoms with Gasteiger partial charge in [0.05, 0.1) is 10.6 Å². The number of carbonyl (C=O) groups excluding carboxylic acids is 1. The summed E-state index contributed by atoms with van der Waals surface area (Å²) in [6.45, 7) is 2.75. The van der Waals surface area contributed by atoms with Gasteiger partial charge in [0.15, 0.2) is 0 Å². The molecule has 17 heavy (non-hydrogen) atoms. The quantitative estimate of drug-likeness (QED) is 0.751. The molecule has 1 atom stereocenters. The third kappa shape index (κ3) is 4.60. The predicted octanol–water partition coefficient (Wildman–Crippen LogP) is 4.40. The Labute approximate surface area is 123 Å². The van der Waals surface area contributed by atoms with Crippen LogP contribution in [0.5, 0.6) is 0 Å². The Morgan fingerprint density at radius 2 is 2.24 bits per heavy atom. The van der Waals surface area contributed by atoms with E-state index in [1.54, 1.807) is 12.1 Å². The Balaban J connectivity index is 2.56. The van der Waals surface area contributed by atoms with Gasteiger partial charge in [-0.1, -0.05) is 40.5 Å². The molecule has 5 heteroatoms. The summed E-state index contributed by atoms with van der Waals surface area (Å²) in [5.41, 5.74) is 0.503. The Bertz CT molecular complexity index is 398. The van der Waals surface area contributed by atoms with Gasteiger partial charge < -0.3 is 5.32 Å². The first-order valence-corrected chi connectivity index (χ1v) is 7.51. The maximum absolute atomic E-state index is 11.9. The third-order valence-corrected chi connectivity index (χ3v) is 4.78. The fourth-order valence-electron chi connectivity index (χ4n) is 1.32. The predicted molar refractivity (Wildman–Crippen MR) is 79.1 cm³/mol.